The molecule has 0 aromatic heterocycles. The maximum Gasteiger partial charge on any atom is 0.306 e. The Morgan fingerprint density at radius 1 is 1.35 bits per heavy atom. The van der Waals surface area contributed by atoms with Gasteiger partial charge in [-0.05, 0) is 61.9 Å². The molecule has 0 N–H and O–H groups in total. The fourth-order valence-corrected chi connectivity index (χ4v) is 5.65. The number of ether oxygens (including phenoxy) is 2. The van der Waals surface area contributed by atoms with E-state index in [2.05, 4.69) is 26.8 Å². The minimum absolute atomic E-state index is 0.0102. The smallest absolute Gasteiger partial charge is 0.306 e. The molecule has 0 aromatic carbocycles. The van der Waals surface area contributed by atoms with E-state index in [1.807, 2.05) is 7.11 Å². The van der Waals surface area contributed by atoms with Crippen LogP contribution in [0.15, 0.2) is 11.8 Å². The molecule has 5 atom stereocenters. The van der Waals surface area contributed by atoms with E-state index in [9.17, 15) is 4.79 Å². The molecule has 3 heteroatoms. The third-order valence-corrected chi connectivity index (χ3v) is 7.38. The Hall–Kier alpha value is -0.990. The van der Waals surface area contributed by atoms with Crippen molar-refractivity contribution in [1.29, 1.82) is 0 Å². The molecular weight excluding hydrogens is 288 g/mol. The molecule has 2 aliphatic carbocycles. The number of esters is 1. The topological polar surface area (TPSA) is 35.5 Å². The average molecular weight is 320 g/mol. The van der Waals surface area contributed by atoms with E-state index in [0.29, 0.717) is 30.3 Å². The monoisotopic (exact) mass is 320 g/mol. The number of carbonyl (C=O) groups excluding carboxylic acids is 1. The van der Waals surface area contributed by atoms with Crippen LogP contribution in [-0.4, -0.2) is 19.7 Å². The molecule has 1 aliphatic heterocycles. The lowest BCUT2D eigenvalue weighted by Gasteiger charge is -2.57. The van der Waals surface area contributed by atoms with Crippen LogP contribution in [0.3, 0.4) is 0 Å². The van der Waals surface area contributed by atoms with Crippen molar-refractivity contribution in [3.63, 3.8) is 0 Å². The Labute approximate surface area is 140 Å². The number of carbonyl (C=O) groups is 1. The number of rotatable bonds is 4. The maximum absolute atomic E-state index is 11.4. The van der Waals surface area contributed by atoms with Gasteiger partial charge in [0.1, 0.15) is 0 Å². The molecule has 2 fully saturated rings. The number of cyclic esters (lactones) is 1. The van der Waals surface area contributed by atoms with Gasteiger partial charge in [-0.25, -0.2) is 0 Å². The zero-order valence-electron chi connectivity index (χ0n) is 15.2. The van der Waals surface area contributed by atoms with Gasteiger partial charge in [0.25, 0.3) is 0 Å². The molecule has 1 saturated heterocycles. The summed E-state index contributed by atoms with van der Waals surface area (Å²) >= 11 is 0. The van der Waals surface area contributed by atoms with Crippen molar-refractivity contribution in [3.05, 3.63) is 11.8 Å². The summed E-state index contributed by atoms with van der Waals surface area (Å²) in [7, 11) is 1.83. The number of hydrogen-bond donors (Lipinski definition) is 0. The lowest BCUT2D eigenvalue weighted by atomic mass is 9.48. The fourth-order valence-electron chi connectivity index (χ4n) is 5.65. The highest BCUT2D eigenvalue weighted by molar-refractivity contribution is 5.71. The van der Waals surface area contributed by atoms with Gasteiger partial charge in [0, 0.05) is 11.3 Å². The second kappa shape index (κ2) is 6.14. The van der Waals surface area contributed by atoms with E-state index in [0.717, 1.165) is 18.8 Å². The van der Waals surface area contributed by atoms with Gasteiger partial charge in [-0.3, -0.25) is 4.79 Å². The van der Waals surface area contributed by atoms with Crippen LogP contribution in [0.5, 0.6) is 0 Å². The summed E-state index contributed by atoms with van der Waals surface area (Å²) in [6.45, 7) is 7.98. The van der Waals surface area contributed by atoms with Crippen LogP contribution in [0.25, 0.3) is 0 Å². The van der Waals surface area contributed by atoms with Crippen LogP contribution in [0, 0.1) is 28.6 Å². The Bertz CT molecular complexity index is 497. The third-order valence-electron chi connectivity index (χ3n) is 7.38. The first-order valence-corrected chi connectivity index (χ1v) is 9.30. The average Bonchev–Trinajstić information content (AvgIpc) is 2.95. The van der Waals surface area contributed by atoms with E-state index in [1.54, 1.807) is 0 Å². The lowest BCUT2D eigenvalue weighted by Crippen LogP contribution is -2.50. The fraction of sp³-hybridized carbons (Fsp3) is 0.850. The molecule has 23 heavy (non-hydrogen) atoms. The van der Waals surface area contributed by atoms with Crippen molar-refractivity contribution in [2.45, 2.75) is 65.7 Å². The largest absolute Gasteiger partial charge is 0.501 e. The summed E-state index contributed by atoms with van der Waals surface area (Å²) in [6, 6.07) is 0. The second-order valence-electron chi connectivity index (χ2n) is 8.56. The molecule has 130 valence electrons. The van der Waals surface area contributed by atoms with Crippen LogP contribution >= 0.6 is 0 Å². The van der Waals surface area contributed by atoms with Gasteiger partial charge in [0.2, 0.25) is 0 Å². The van der Waals surface area contributed by atoms with E-state index in [1.165, 1.54) is 31.4 Å². The molecule has 0 aromatic rings. The molecule has 0 bridgehead atoms. The van der Waals surface area contributed by atoms with Gasteiger partial charge in [0.05, 0.1) is 25.9 Å². The van der Waals surface area contributed by atoms with Gasteiger partial charge in [-0.1, -0.05) is 20.8 Å². The molecule has 0 amide bonds. The quantitative estimate of drug-likeness (QED) is 0.704. The number of allylic oxidation sites excluding steroid dienone is 2. The van der Waals surface area contributed by atoms with E-state index in [-0.39, 0.29) is 11.4 Å². The van der Waals surface area contributed by atoms with Crippen LogP contribution in [-0.2, 0) is 14.3 Å². The molecule has 5 unspecified atom stereocenters. The van der Waals surface area contributed by atoms with Gasteiger partial charge >= 0.3 is 5.97 Å². The van der Waals surface area contributed by atoms with Gasteiger partial charge < -0.3 is 9.47 Å². The maximum atomic E-state index is 11.4. The Morgan fingerprint density at radius 3 is 2.78 bits per heavy atom. The van der Waals surface area contributed by atoms with Crippen LogP contribution < -0.4 is 0 Å². The molecular formula is C20H32O3. The molecule has 1 saturated carbocycles. The van der Waals surface area contributed by atoms with Crippen molar-refractivity contribution < 1.29 is 14.3 Å². The predicted molar refractivity (Wildman–Crippen MR) is 90.7 cm³/mol. The summed E-state index contributed by atoms with van der Waals surface area (Å²) in [4.78, 5) is 11.4. The molecule has 0 spiro atoms. The highest BCUT2D eigenvalue weighted by Crippen LogP contribution is 2.62. The summed E-state index contributed by atoms with van der Waals surface area (Å²) in [5.41, 5.74) is 0.521. The van der Waals surface area contributed by atoms with Gasteiger partial charge in [-0.2, -0.15) is 0 Å². The SMILES string of the molecule is COC1=CCCC2C1(C)CCC(C)C2(C)CCC1COC(=O)C1. The number of hydrogen-bond acceptors (Lipinski definition) is 3. The lowest BCUT2D eigenvalue weighted by molar-refractivity contribution is -0.137. The second-order valence-corrected chi connectivity index (χ2v) is 8.56. The van der Waals surface area contributed by atoms with Crippen LogP contribution in [0.4, 0.5) is 0 Å². The van der Waals surface area contributed by atoms with Gasteiger partial charge in [-0.15, -0.1) is 0 Å². The Kier molecular flexibility index (Phi) is 4.50. The van der Waals surface area contributed by atoms with Crippen molar-refractivity contribution in [2.75, 3.05) is 13.7 Å². The van der Waals surface area contributed by atoms with Crippen molar-refractivity contribution in [3.8, 4) is 0 Å². The Morgan fingerprint density at radius 2 is 2.13 bits per heavy atom. The first-order valence-electron chi connectivity index (χ1n) is 9.30. The van der Waals surface area contributed by atoms with Crippen LogP contribution in [0.2, 0.25) is 0 Å². The van der Waals surface area contributed by atoms with E-state index in [4.69, 9.17) is 9.47 Å². The van der Waals surface area contributed by atoms with E-state index >= 15 is 0 Å². The van der Waals surface area contributed by atoms with Crippen LogP contribution in [0.1, 0.15) is 65.7 Å². The predicted octanol–water partition coefficient (Wildman–Crippen LogP) is 4.71. The highest BCUT2D eigenvalue weighted by Gasteiger charge is 2.54. The zero-order valence-corrected chi connectivity index (χ0v) is 15.2. The first-order chi connectivity index (χ1) is 10.9. The molecule has 3 nitrogen and oxygen atoms in total. The molecule has 3 rings (SSSR count). The summed E-state index contributed by atoms with van der Waals surface area (Å²) in [5, 5.41) is 0. The first kappa shape index (κ1) is 16.9. The normalized spacial score (nSPS) is 43.6. The minimum atomic E-state index is -0.0102. The highest BCUT2D eigenvalue weighted by atomic mass is 16.5. The zero-order chi connectivity index (χ0) is 16.7. The summed E-state index contributed by atoms with van der Waals surface area (Å²) in [5.74, 6) is 3.04. The Balaban J connectivity index is 1.78. The summed E-state index contributed by atoms with van der Waals surface area (Å²) in [6.07, 6.45) is 10.2. The number of methoxy groups -OCH3 is 1. The minimum Gasteiger partial charge on any atom is -0.501 e. The standard InChI is InChI=1S/C20H32O3/c1-14-8-10-20(3)16(6-5-7-17(20)22-4)19(14,2)11-9-15-12-18(21)23-13-15/h7,14-16H,5-6,8-13H2,1-4H3. The van der Waals surface area contributed by atoms with Gasteiger partial charge in [0.15, 0.2) is 0 Å². The number of fused-ring (bicyclic) bond motifs is 1. The summed E-state index contributed by atoms with van der Waals surface area (Å²) < 4.78 is 10.9. The third kappa shape index (κ3) is 2.81. The van der Waals surface area contributed by atoms with Crippen molar-refractivity contribution >= 4 is 5.97 Å². The molecule has 3 aliphatic rings. The van der Waals surface area contributed by atoms with Crippen molar-refractivity contribution in [2.24, 2.45) is 28.6 Å². The molecule has 0 radical (unpaired) electrons. The van der Waals surface area contributed by atoms with E-state index < -0.39 is 0 Å². The molecule has 1 heterocycles. The van der Waals surface area contributed by atoms with Crippen molar-refractivity contribution in [1.82, 2.24) is 0 Å².